The average Bonchev–Trinajstić information content (AvgIpc) is 2.53. The fourth-order valence-corrected chi connectivity index (χ4v) is 2.11. The molecule has 2 aromatic rings. The fraction of sp³-hybridized carbons (Fsp3) is 0.368. The molecular formula is C19H26ClNO2. The molecule has 0 heterocycles. The molecule has 4 heteroatoms. The molecule has 23 heavy (non-hydrogen) atoms. The molecule has 0 atom stereocenters. The van der Waals surface area contributed by atoms with Crippen LogP contribution < -0.4 is 14.8 Å². The standard InChI is InChI=1S/C19H25NO2.ClH/c1-4-21-19-12-17(13-20-15(2)3)10-11-18(19)22-14-16-8-6-5-7-9-16;/h5-12,15,20H,4,13-14H2,1-3H3;1H. The normalized spacial score (nSPS) is 10.3. The Labute approximate surface area is 145 Å². The molecule has 126 valence electrons. The van der Waals surface area contributed by atoms with E-state index in [0.29, 0.717) is 19.3 Å². The minimum absolute atomic E-state index is 0. The van der Waals surface area contributed by atoms with Gasteiger partial charge in [0.05, 0.1) is 6.61 Å². The molecule has 0 bridgehead atoms. The Hall–Kier alpha value is -1.71. The maximum absolute atomic E-state index is 5.91. The molecule has 0 saturated carbocycles. The maximum Gasteiger partial charge on any atom is 0.161 e. The molecule has 0 aromatic heterocycles. The molecule has 2 aromatic carbocycles. The highest BCUT2D eigenvalue weighted by Gasteiger charge is 2.07. The zero-order chi connectivity index (χ0) is 15.8. The zero-order valence-electron chi connectivity index (χ0n) is 14.0. The van der Waals surface area contributed by atoms with Crippen molar-refractivity contribution in [2.75, 3.05) is 6.61 Å². The molecule has 0 fully saturated rings. The smallest absolute Gasteiger partial charge is 0.161 e. The molecule has 0 aliphatic rings. The van der Waals surface area contributed by atoms with Crippen LogP contribution in [0, 0.1) is 0 Å². The summed E-state index contributed by atoms with van der Waals surface area (Å²) in [7, 11) is 0. The van der Waals surface area contributed by atoms with Gasteiger partial charge in [-0.3, -0.25) is 0 Å². The molecule has 0 spiro atoms. The summed E-state index contributed by atoms with van der Waals surface area (Å²) >= 11 is 0. The number of halogens is 1. The predicted molar refractivity (Wildman–Crippen MR) is 97.6 cm³/mol. The van der Waals surface area contributed by atoms with Crippen molar-refractivity contribution in [2.24, 2.45) is 0 Å². The first kappa shape index (κ1) is 19.3. The Balaban J connectivity index is 0.00000264. The third kappa shape index (κ3) is 6.51. The average molecular weight is 336 g/mol. The number of nitrogens with one attached hydrogen (secondary N) is 1. The highest BCUT2D eigenvalue weighted by atomic mass is 35.5. The topological polar surface area (TPSA) is 30.5 Å². The Morgan fingerprint density at radius 2 is 1.65 bits per heavy atom. The number of rotatable bonds is 8. The van der Waals surface area contributed by atoms with E-state index in [1.54, 1.807) is 0 Å². The van der Waals surface area contributed by atoms with E-state index in [9.17, 15) is 0 Å². The van der Waals surface area contributed by atoms with Gasteiger partial charge in [-0.1, -0.05) is 50.2 Å². The Morgan fingerprint density at radius 1 is 0.913 bits per heavy atom. The summed E-state index contributed by atoms with van der Waals surface area (Å²) in [6.07, 6.45) is 0. The van der Waals surface area contributed by atoms with Crippen molar-refractivity contribution < 1.29 is 9.47 Å². The monoisotopic (exact) mass is 335 g/mol. The van der Waals surface area contributed by atoms with E-state index in [2.05, 4.69) is 43.4 Å². The van der Waals surface area contributed by atoms with Gasteiger partial charge in [-0.2, -0.15) is 0 Å². The molecule has 0 amide bonds. The second kappa shape index (κ2) is 10.1. The van der Waals surface area contributed by atoms with E-state index in [1.807, 2.05) is 31.2 Å². The number of benzene rings is 2. The van der Waals surface area contributed by atoms with Crippen LogP contribution in [-0.4, -0.2) is 12.6 Å². The molecule has 0 radical (unpaired) electrons. The summed E-state index contributed by atoms with van der Waals surface area (Å²) in [5.41, 5.74) is 2.35. The summed E-state index contributed by atoms with van der Waals surface area (Å²) in [6.45, 7) is 8.27. The van der Waals surface area contributed by atoms with Crippen LogP contribution in [0.2, 0.25) is 0 Å². The minimum Gasteiger partial charge on any atom is -0.490 e. The molecule has 0 aliphatic heterocycles. The molecule has 2 rings (SSSR count). The largest absolute Gasteiger partial charge is 0.490 e. The second-order valence-electron chi connectivity index (χ2n) is 5.52. The highest BCUT2D eigenvalue weighted by molar-refractivity contribution is 5.85. The fourth-order valence-electron chi connectivity index (χ4n) is 2.11. The van der Waals surface area contributed by atoms with Gasteiger partial charge in [0, 0.05) is 12.6 Å². The van der Waals surface area contributed by atoms with Gasteiger partial charge in [-0.25, -0.2) is 0 Å². The van der Waals surface area contributed by atoms with Crippen LogP contribution >= 0.6 is 12.4 Å². The summed E-state index contributed by atoms with van der Waals surface area (Å²) in [6, 6.07) is 16.7. The lowest BCUT2D eigenvalue weighted by Gasteiger charge is -2.14. The first-order chi connectivity index (χ1) is 10.7. The van der Waals surface area contributed by atoms with Crippen LogP contribution in [0.5, 0.6) is 11.5 Å². The first-order valence-electron chi connectivity index (χ1n) is 7.85. The SMILES string of the molecule is CCOc1cc(CNC(C)C)ccc1OCc1ccccc1.Cl. The Bertz CT molecular complexity index is 573. The van der Waals surface area contributed by atoms with Crippen molar-refractivity contribution >= 4 is 12.4 Å². The van der Waals surface area contributed by atoms with Gasteiger partial charge in [-0.05, 0) is 30.2 Å². The third-order valence-electron chi connectivity index (χ3n) is 3.26. The quantitative estimate of drug-likeness (QED) is 0.765. The Morgan fingerprint density at radius 3 is 2.30 bits per heavy atom. The molecule has 1 N–H and O–H groups in total. The van der Waals surface area contributed by atoms with Gasteiger partial charge in [0.2, 0.25) is 0 Å². The van der Waals surface area contributed by atoms with Crippen LogP contribution in [0.3, 0.4) is 0 Å². The summed E-state index contributed by atoms with van der Waals surface area (Å²) in [5.74, 6) is 1.60. The van der Waals surface area contributed by atoms with Crippen molar-refractivity contribution in [1.29, 1.82) is 0 Å². The maximum atomic E-state index is 5.91. The molecule has 0 saturated heterocycles. The van der Waals surface area contributed by atoms with Crippen LogP contribution in [0.4, 0.5) is 0 Å². The van der Waals surface area contributed by atoms with Gasteiger partial charge in [-0.15, -0.1) is 12.4 Å². The molecular weight excluding hydrogens is 310 g/mol. The van der Waals surface area contributed by atoms with E-state index in [4.69, 9.17) is 9.47 Å². The minimum atomic E-state index is 0. The van der Waals surface area contributed by atoms with Crippen molar-refractivity contribution in [2.45, 2.75) is 40.0 Å². The van der Waals surface area contributed by atoms with Gasteiger partial charge in [0.1, 0.15) is 6.61 Å². The molecule has 0 aliphatic carbocycles. The van der Waals surface area contributed by atoms with Gasteiger partial charge in [0.25, 0.3) is 0 Å². The van der Waals surface area contributed by atoms with Crippen molar-refractivity contribution in [1.82, 2.24) is 5.32 Å². The van der Waals surface area contributed by atoms with Crippen molar-refractivity contribution in [3.63, 3.8) is 0 Å². The van der Waals surface area contributed by atoms with Crippen molar-refractivity contribution in [3.8, 4) is 11.5 Å². The second-order valence-corrected chi connectivity index (χ2v) is 5.52. The van der Waals surface area contributed by atoms with Crippen LogP contribution in [-0.2, 0) is 13.2 Å². The third-order valence-corrected chi connectivity index (χ3v) is 3.26. The molecule has 3 nitrogen and oxygen atoms in total. The van der Waals surface area contributed by atoms with Gasteiger partial charge >= 0.3 is 0 Å². The van der Waals surface area contributed by atoms with Crippen LogP contribution in [0.1, 0.15) is 31.9 Å². The zero-order valence-corrected chi connectivity index (χ0v) is 14.9. The van der Waals surface area contributed by atoms with E-state index < -0.39 is 0 Å². The van der Waals surface area contributed by atoms with Crippen molar-refractivity contribution in [3.05, 3.63) is 59.7 Å². The summed E-state index contributed by atoms with van der Waals surface area (Å²) < 4.78 is 11.6. The van der Waals surface area contributed by atoms with Gasteiger partial charge < -0.3 is 14.8 Å². The predicted octanol–water partition coefficient (Wildman–Crippen LogP) is 4.58. The summed E-state index contributed by atoms with van der Waals surface area (Å²) in [4.78, 5) is 0. The van der Waals surface area contributed by atoms with Crippen LogP contribution in [0.25, 0.3) is 0 Å². The highest BCUT2D eigenvalue weighted by Crippen LogP contribution is 2.29. The van der Waals surface area contributed by atoms with Crippen LogP contribution in [0.15, 0.2) is 48.5 Å². The van der Waals surface area contributed by atoms with E-state index in [1.165, 1.54) is 5.56 Å². The van der Waals surface area contributed by atoms with E-state index in [-0.39, 0.29) is 12.4 Å². The number of hydrogen-bond acceptors (Lipinski definition) is 3. The van der Waals surface area contributed by atoms with Gasteiger partial charge in [0.15, 0.2) is 11.5 Å². The van der Waals surface area contributed by atoms with E-state index >= 15 is 0 Å². The lowest BCUT2D eigenvalue weighted by Crippen LogP contribution is -2.21. The van der Waals surface area contributed by atoms with E-state index in [0.717, 1.165) is 23.6 Å². The lowest BCUT2D eigenvalue weighted by molar-refractivity contribution is 0.269. The number of ether oxygens (including phenoxy) is 2. The Kier molecular flexibility index (Phi) is 8.52. The summed E-state index contributed by atoms with van der Waals surface area (Å²) in [5, 5.41) is 3.41. The lowest BCUT2D eigenvalue weighted by atomic mass is 10.2. The number of hydrogen-bond donors (Lipinski definition) is 1. The molecule has 0 unspecified atom stereocenters. The first-order valence-corrected chi connectivity index (χ1v) is 7.85.